The monoisotopic (exact) mass is 923 g/mol. The fourth-order valence-electron chi connectivity index (χ4n) is 6.92. The number of fused-ring (bicyclic) bond motifs is 1. The van der Waals surface area contributed by atoms with Crippen molar-refractivity contribution in [3.8, 4) is 67.5 Å². The Hall–Kier alpha value is -5.57. The van der Waals surface area contributed by atoms with Gasteiger partial charge in [0.05, 0.1) is 16.6 Å². The second-order valence-electron chi connectivity index (χ2n) is 14.8. The van der Waals surface area contributed by atoms with Crippen LogP contribution in [0.1, 0.15) is 74.5 Å². The first-order valence-electron chi connectivity index (χ1n) is 24.0. The summed E-state index contributed by atoms with van der Waals surface area (Å²) in [4.78, 5) is 9.93. The van der Waals surface area contributed by atoms with Crippen LogP contribution in [-0.2, 0) is 31.9 Å². The molecule has 0 saturated heterocycles. The summed E-state index contributed by atoms with van der Waals surface area (Å²) in [5.74, 6) is 0.388. The van der Waals surface area contributed by atoms with Crippen molar-refractivity contribution >= 4 is 11.0 Å². The summed E-state index contributed by atoms with van der Waals surface area (Å²) in [5.41, 5.74) is 4.64. The van der Waals surface area contributed by atoms with Crippen molar-refractivity contribution in [2.24, 2.45) is 0 Å². The topological polar surface area (TPSA) is 50.9 Å². The van der Waals surface area contributed by atoms with E-state index in [-0.39, 0.29) is 43.4 Å². The normalized spacial score (nSPS) is 15.8. The summed E-state index contributed by atoms with van der Waals surface area (Å²) < 4.78 is 101. The molecule has 0 aliphatic rings. The third-order valence-corrected chi connectivity index (χ3v) is 9.89. The van der Waals surface area contributed by atoms with E-state index in [1.807, 2.05) is 77.4 Å². The van der Waals surface area contributed by atoms with Gasteiger partial charge in [-0.1, -0.05) is 143 Å². The summed E-state index contributed by atoms with van der Waals surface area (Å²) in [5, 5.41) is 11.2. The first kappa shape index (κ1) is 26.3. The Labute approximate surface area is 362 Å². The van der Waals surface area contributed by atoms with Crippen LogP contribution in [0.4, 0.5) is 0 Å². The maximum atomic E-state index is 11.2. The van der Waals surface area contributed by atoms with E-state index in [0.29, 0.717) is 67.2 Å². The van der Waals surface area contributed by atoms with Crippen molar-refractivity contribution in [3.63, 3.8) is 0 Å². The number of para-hydroxylation sites is 2. The van der Waals surface area contributed by atoms with Crippen molar-refractivity contribution < 1.29 is 42.6 Å². The smallest absolute Gasteiger partial charge is 0.148 e. The standard InChI is InChI=1S/C51H46N3O.Pt/c1-33-28-41(24-25-42(33)35-14-9-8-10-15-35)54-46-18-13-17-43(48(46)53-49(54)44-16-11-12-19-47(44)55)37-29-38(31-40(30-37)51(5,6)7)45-32-36(26-27-52-45)34-20-22-39(23-21-34)50(2,3)4;/h8-28,30-32,55H,1-7H3;/q-1;/i1D3,2D3,3D3,4D3;. The van der Waals surface area contributed by atoms with Crippen molar-refractivity contribution in [2.45, 2.75) is 59.0 Å². The number of aryl methyl sites for hydroxylation is 1. The van der Waals surface area contributed by atoms with Crippen LogP contribution >= 0.6 is 0 Å². The van der Waals surface area contributed by atoms with Crippen LogP contribution in [0.5, 0.6) is 5.75 Å². The Balaban J connectivity index is 0.00000684. The Morgan fingerprint density at radius 1 is 0.625 bits per heavy atom. The number of benzene rings is 6. The Morgan fingerprint density at radius 3 is 2.09 bits per heavy atom. The zero-order valence-electron chi connectivity index (χ0n) is 43.0. The molecule has 0 bridgehead atoms. The van der Waals surface area contributed by atoms with Crippen LogP contribution in [0.3, 0.4) is 0 Å². The maximum Gasteiger partial charge on any atom is 0.148 e. The fourth-order valence-corrected chi connectivity index (χ4v) is 6.92. The van der Waals surface area contributed by atoms with Gasteiger partial charge >= 0.3 is 0 Å². The summed E-state index contributed by atoms with van der Waals surface area (Å²) in [6.45, 7) is -6.34. The van der Waals surface area contributed by atoms with E-state index in [4.69, 9.17) is 26.4 Å². The number of phenolic OH excluding ortho intramolecular Hbond substituents is 1. The Morgan fingerprint density at radius 2 is 1.36 bits per heavy atom. The third kappa shape index (κ3) is 7.51. The number of aromatic hydroxyl groups is 1. The number of pyridine rings is 1. The molecule has 4 nitrogen and oxygen atoms in total. The number of hydrogen-bond donors (Lipinski definition) is 1. The van der Waals surface area contributed by atoms with Crippen molar-refractivity contribution in [1.29, 1.82) is 0 Å². The second-order valence-corrected chi connectivity index (χ2v) is 14.8. The van der Waals surface area contributed by atoms with Gasteiger partial charge in [-0.25, -0.2) is 4.98 Å². The maximum absolute atomic E-state index is 11.2. The van der Waals surface area contributed by atoms with Gasteiger partial charge in [0.25, 0.3) is 0 Å². The summed E-state index contributed by atoms with van der Waals surface area (Å²) >= 11 is 0. The van der Waals surface area contributed by atoms with Gasteiger partial charge in [0.1, 0.15) is 11.6 Å². The number of aromatic nitrogens is 3. The van der Waals surface area contributed by atoms with Gasteiger partial charge in [0.2, 0.25) is 0 Å². The number of imidazole rings is 1. The molecule has 56 heavy (non-hydrogen) atoms. The zero-order chi connectivity index (χ0) is 48.5. The Kier molecular flexibility index (Phi) is 7.13. The van der Waals surface area contributed by atoms with E-state index in [9.17, 15) is 5.11 Å². The SMILES string of the molecule is [2H]C([2H])([2H])c1cc(-n2c(-c3ccccc3O)nc3c(-c4[c-]c(-c5cc(-c6ccc(C(C([2H])([2H])[2H])(C([2H])([2H])[2H])C([2H])([2H])[2H])cc6)ccn5)cc(C(C)(C)C)c4)cccc32)ccc1-c1ccccc1.[Pt]. The summed E-state index contributed by atoms with van der Waals surface area (Å²) in [6, 6.07) is 44.0. The average Bonchev–Trinajstić information content (AvgIpc) is 3.64. The van der Waals surface area contributed by atoms with Crippen LogP contribution in [0, 0.1) is 12.9 Å². The molecule has 2 aromatic heterocycles. The summed E-state index contributed by atoms with van der Waals surface area (Å²) in [7, 11) is 0. The predicted molar refractivity (Wildman–Crippen MR) is 229 cm³/mol. The number of hydrogen-bond acceptors (Lipinski definition) is 3. The van der Waals surface area contributed by atoms with E-state index in [1.54, 1.807) is 48.7 Å². The van der Waals surface area contributed by atoms with E-state index in [2.05, 4.69) is 26.8 Å². The molecular formula is C51H46N3OPt-. The van der Waals surface area contributed by atoms with Gasteiger partial charge in [0.15, 0.2) is 0 Å². The van der Waals surface area contributed by atoms with Gasteiger partial charge < -0.3 is 5.11 Å². The van der Waals surface area contributed by atoms with E-state index < -0.39 is 32.8 Å². The second kappa shape index (κ2) is 15.2. The minimum atomic E-state index is -3.38. The molecular weight excluding hydrogens is 866 g/mol. The van der Waals surface area contributed by atoms with Gasteiger partial charge in [-0.3, -0.25) is 9.55 Å². The van der Waals surface area contributed by atoms with Crippen molar-refractivity contribution in [3.05, 3.63) is 168 Å². The molecule has 0 spiro atoms. The van der Waals surface area contributed by atoms with Crippen LogP contribution in [-0.4, -0.2) is 19.6 Å². The minimum absolute atomic E-state index is 0. The largest absolute Gasteiger partial charge is 0.507 e. The van der Waals surface area contributed by atoms with Crippen molar-refractivity contribution in [1.82, 2.24) is 14.5 Å². The molecule has 6 aromatic carbocycles. The average molecular weight is 924 g/mol. The molecule has 282 valence electrons. The van der Waals surface area contributed by atoms with Gasteiger partial charge in [-0.15, -0.1) is 29.3 Å². The molecule has 0 atom stereocenters. The van der Waals surface area contributed by atoms with Gasteiger partial charge in [-0.2, -0.15) is 0 Å². The molecule has 1 N–H and O–H groups in total. The zero-order valence-corrected chi connectivity index (χ0v) is 33.2. The van der Waals surface area contributed by atoms with Crippen LogP contribution in [0.15, 0.2) is 146 Å². The molecule has 5 heteroatoms. The van der Waals surface area contributed by atoms with Crippen LogP contribution in [0.2, 0.25) is 0 Å². The molecule has 2 heterocycles. The summed E-state index contributed by atoms with van der Waals surface area (Å²) in [6.07, 6.45) is 1.62. The Bertz CT molecular complexity index is 3090. The predicted octanol–water partition coefficient (Wildman–Crippen LogP) is 13.2. The van der Waals surface area contributed by atoms with Gasteiger partial charge in [0, 0.05) is 55.1 Å². The number of phenols is 1. The van der Waals surface area contributed by atoms with Crippen molar-refractivity contribution in [2.75, 3.05) is 0 Å². The van der Waals surface area contributed by atoms with E-state index in [1.165, 1.54) is 24.3 Å². The molecule has 0 unspecified atom stereocenters. The molecule has 8 aromatic rings. The molecule has 0 saturated carbocycles. The quantitative estimate of drug-likeness (QED) is 0.169. The molecule has 0 amide bonds. The first-order chi connectivity index (χ1) is 31.3. The minimum Gasteiger partial charge on any atom is -0.507 e. The van der Waals surface area contributed by atoms with E-state index >= 15 is 0 Å². The fraction of sp³-hybridized carbons (Fsp3) is 0.176. The molecule has 0 radical (unpaired) electrons. The third-order valence-electron chi connectivity index (χ3n) is 9.89. The van der Waals surface area contributed by atoms with Crippen LogP contribution in [0.25, 0.3) is 72.7 Å². The first-order valence-corrected chi connectivity index (χ1v) is 18.0. The van der Waals surface area contributed by atoms with E-state index in [0.717, 1.165) is 11.1 Å². The molecule has 0 aliphatic heterocycles. The molecule has 0 aliphatic carbocycles. The number of nitrogens with zero attached hydrogens (tertiary/aromatic N) is 3. The molecule has 8 rings (SSSR count). The molecule has 0 fully saturated rings. The number of rotatable bonds is 6. The van der Waals surface area contributed by atoms with Gasteiger partial charge in [-0.05, 0) is 87.5 Å². The van der Waals surface area contributed by atoms with Crippen LogP contribution < -0.4 is 0 Å².